The summed E-state index contributed by atoms with van der Waals surface area (Å²) in [5.41, 5.74) is 2.54. The first-order valence-electron chi connectivity index (χ1n) is 10.6. The largest absolute Gasteiger partial charge is 0.373 e. The molecule has 26 heavy (non-hydrogen) atoms. The lowest BCUT2D eigenvalue weighted by molar-refractivity contribution is -0.241. The molecule has 148 valence electrons. The zero-order valence-electron chi connectivity index (χ0n) is 17.1. The summed E-state index contributed by atoms with van der Waals surface area (Å²) in [5, 5.41) is 0. The Morgan fingerprint density at radius 3 is 1.92 bits per heavy atom. The van der Waals surface area contributed by atoms with E-state index in [9.17, 15) is 4.79 Å². The van der Waals surface area contributed by atoms with Crippen LogP contribution in [0.2, 0.25) is 0 Å². The topological polar surface area (TPSA) is 35.5 Å². The molecule has 0 radical (unpaired) electrons. The minimum atomic E-state index is -0.398. The molecule has 1 aromatic rings. The van der Waals surface area contributed by atoms with Crippen molar-refractivity contribution in [3.05, 3.63) is 34.9 Å². The number of unbranched alkanes of at least 4 members (excludes halogenated alkanes) is 11. The van der Waals surface area contributed by atoms with Crippen molar-refractivity contribution in [1.82, 2.24) is 0 Å². The molecule has 3 heteroatoms. The molecule has 0 fully saturated rings. The highest BCUT2D eigenvalue weighted by molar-refractivity contribution is 5.90. The third kappa shape index (κ3) is 10.6. The fourth-order valence-corrected chi connectivity index (χ4v) is 3.10. The average Bonchev–Trinajstić information content (AvgIpc) is 2.63. The third-order valence-electron chi connectivity index (χ3n) is 4.83. The van der Waals surface area contributed by atoms with Gasteiger partial charge in [-0.25, -0.2) is 4.79 Å². The smallest absolute Gasteiger partial charge is 0.293 e. The van der Waals surface area contributed by atoms with Crippen molar-refractivity contribution in [2.45, 2.75) is 97.8 Å². The predicted octanol–water partition coefficient (Wildman–Crippen LogP) is 7.09. The number of carbonyl (C=O) groups excluding carboxylic acids is 1. The van der Waals surface area contributed by atoms with Crippen molar-refractivity contribution in [1.29, 1.82) is 0 Å². The molecule has 0 aliphatic carbocycles. The van der Waals surface area contributed by atoms with Gasteiger partial charge in [-0.3, -0.25) is 4.89 Å². The Labute approximate surface area is 160 Å². The summed E-state index contributed by atoms with van der Waals surface area (Å²) in [5.74, 6) is -0.398. The fourth-order valence-electron chi connectivity index (χ4n) is 3.10. The maximum Gasteiger partial charge on any atom is 0.373 e. The van der Waals surface area contributed by atoms with Gasteiger partial charge in [0.1, 0.15) is 0 Å². The van der Waals surface area contributed by atoms with E-state index in [1.54, 1.807) is 0 Å². The van der Waals surface area contributed by atoms with E-state index >= 15 is 0 Å². The molecular weight excluding hydrogens is 324 g/mol. The van der Waals surface area contributed by atoms with Crippen molar-refractivity contribution in [3.8, 4) is 0 Å². The van der Waals surface area contributed by atoms with Crippen LogP contribution in [0.1, 0.15) is 105 Å². The van der Waals surface area contributed by atoms with Crippen molar-refractivity contribution >= 4 is 5.97 Å². The van der Waals surface area contributed by atoms with E-state index < -0.39 is 5.97 Å². The maximum atomic E-state index is 12.0. The second-order valence-electron chi connectivity index (χ2n) is 7.40. The van der Waals surface area contributed by atoms with Gasteiger partial charge < -0.3 is 0 Å². The van der Waals surface area contributed by atoms with Crippen LogP contribution in [0.4, 0.5) is 0 Å². The molecule has 0 N–H and O–H groups in total. The van der Waals surface area contributed by atoms with Gasteiger partial charge in [-0.05, 0) is 31.9 Å². The number of hydrogen-bond acceptors (Lipinski definition) is 3. The summed E-state index contributed by atoms with van der Waals surface area (Å²) in [6.07, 6.45) is 15.7. The standard InChI is InChI=1S/C23H38O3/c1-4-5-6-7-8-9-10-11-12-13-14-15-18-25-26-23(24)22-19-20(2)16-17-21(22)3/h16-17,19H,4-15,18H2,1-3H3. The number of hydrogen-bond donors (Lipinski definition) is 0. The van der Waals surface area contributed by atoms with Gasteiger partial charge in [-0.2, -0.15) is 4.89 Å². The Bertz CT molecular complexity index is 496. The molecule has 0 heterocycles. The van der Waals surface area contributed by atoms with E-state index in [4.69, 9.17) is 9.78 Å². The van der Waals surface area contributed by atoms with Crippen LogP contribution in [0.25, 0.3) is 0 Å². The second-order valence-corrected chi connectivity index (χ2v) is 7.40. The van der Waals surface area contributed by atoms with Crippen LogP contribution < -0.4 is 0 Å². The summed E-state index contributed by atoms with van der Waals surface area (Å²) in [6, 6.07) is 5.75. The average molecular weight is 363 g/mol. The molecule has 0 aliphatic rings. The molecule has 1 aromatic carbocycles. The predicted molar refractivity (Wildman–Crippen MR) is 108 cm³/mol. The first-order chi connectivity index (χ1) is 12.6. The van der Waals surface area contributed by atoms with E-state index in [0.29, 0.717) is 12.2 Å². The van der Waals surface area contributed by atoms with Gasteiger partial charge >= 0.3 is 5.97 Å². The van der Waals surface area contributed by atoms with Crippen LogP contribution >= 0.6 is 0 Å². The molecule has 1 rings (SSSR count). The number of rotatable bonds is 15. The van der Waals surface area contributed by atoms with Crippen LogP contribution in [0.5, 0.6) is 0 Å². The van der Waals surface area contributed by atoms with Crippen LogP contribution in [0.3, 0.4) is 0 Å². The third-order valence-corrected chi connectivity index (χ3v) is 4.83. The van der Waals surface area contributed by atoms with Crippen LogP contribution in [-0.4, -0.2) is 12.6 Å². The van der Waals surface area contributed by atoms with Crippen molar-refractivity contribution in [2.24, 2.45) is 0 Å². The van der Waals surface area contributed by atoms with Gasteiger partial charge in [0.05, 0.1) is 12.2 Å². The van der Waals surface area contributed by atoms with Crippen LogP contribution in [0, 0.1) is 13.8 Å². The lowest BCUT2D eigenvalue weighted by Gasteiger charge is -2.07. The van der Waals surface area contributed by atoms with Crippen molar-refractivity contribution < 1.29 is 14.6 Å². The highest BCUT2D eigenvalue weighted by atomic mass is 17.2. The molecule has 0 aliphatic heterocycles. The Hall–Kier alpha value is -1.35. The molecule has 0 spiro atoms. The summed E-state index contributed by atoms with van der Waals surface area (Å²) < 4.78 is 0. The first-order valence-corrected chi connectivity index (χ1v) is 10.6. The lowest BCUT2D eigenvalue weighted by atomic mass is 10.1. The van der Waals surface area contributed by atoms with Gasteiger partial charge in [0.2, 0.25) is 0 Å². The molecule has 0 saturated carbocycles. The first kappa shape index (κ1) is 22.7. The quantitative estimate of drug-likeness (QED) is 0.190. The van der Waals surface area contributed by atoms with Gasteiger partial charge in [0.15, 0.2) is 0 Å². The SMILES string of the molecule is CCCCCCCCCCCCCCOOC(=O)c1cc(C)ccc1C. The normalized spacial score (nSPS) is 10.9. The molecule has 3 nitrogen and oxygen atoms in total. The summed E-state index contributed by atoms with van der Waals surface area (Å²) in [6.45, 7) is 6.61. The highest BCUT2D eigenvalue weighted by Gasteiger charge is 2.11. The highest BCUT2D eigenvalue weighted by Crippen LogP contribution is 2.13. The molecule has 0 atom stereocenters. The van der Waals surface area contributed by atoms with E-state index in [1.807, 2.05) is 32.0 Å². The van der Waals surface area contributed by atoms with Gasteiger partial charge in [-0.1, -0.05) is 95.2 Å². The van der Waals surface area contributed by atoms with Crippen LogP contribution in [0.15, 0.2) is 18.2 Å². The van der Waals surface area contributed by atoms with Gasteiger partial charge in [0.25, 0.3) is 0 Å². The summed E-state index contributed by atoms with van der Waals surface area (Å²) >= 11 is 0. The minimum Gasteiger partial charge on any atom is -0.293 e. The molecule has 0 bridgehead atoms. The monoisotopic (exact) mass is 362 g/mol. The molecular formula is C23H38O3. The molecule has 0 unspecified atom stereocenters. The zero-order valence-corrected chi connectivity index (χ0v) is 17.1. The number of carbonyl (C=O) groups is 1. The minimum absolute atomic E-state index is 0.398. The molecule has 0 aromatic heterocycles. The number of benzene rings is 1. The summed E-state index contributed by atoms with van der Waals surface area (Å²) in [4.78, 5) is 22.0. The van der Waals surface area contributed by atoms with Crippen molar-refractivity contribution in [2.75, 3.05) is 6.61 Å². The molecule has 0 amide bonds. The molecule has 0 saturated heterocycles. The van der Waals surface area contributed by atoms with Gasteiger partial charge in [-0.15, -0.1) is 0 Å². The summed E-state index contributed by atoms with van der Waals surface area (Å²) in [7, 11) is 0. The maximum absolute atomic E-state index is 12.0. The Balaban J connectivity index is 1.92. The fraction of sp³-hybridized carbons (Fsp3) is 0.696. The second kappa shape index (κ2) is 14.8. The Morgan fingerprint density at radius 2 is 1.35 bits per heavy atom. The zero-order chi connectivity index (χ0) is 19.0. The van der Waals surface area contributed by atoms with E-state index in [0.717, 1.165) is 24.0 Å². The Kier molecular flexibility index (Phi) is 12.9. The van der Waals surface area contributed by atoms with E-state index in [2.05, 4.69) is 6.92 Å². The van der Waals surface area contributed by atoms with Crippen LogP contribution in [-0.2, 0) is 9.78 Å². The van der Waals surface area contributed by atoms with Crippen molar-refractivity contribution in [3.63, 3.8) is 0 Å². The Morgan fingerprint density at radius 1 is 0.808 bits per heavy atom. The number of aryl methyl sites for hydroxylation is 2. The van der Waals surface area contributed by atoms with Gasteiger partial charge in [0, 0.05) is 0 Å². The van der Waals surface area contributed by atoms with E-state index in [1.165, 1.54) is 64.2 Å². The van der Waals surface area contributed by atoms with E-state index in [-0.39, 0.29) is 0 Å². The lowest BCUT2D eigenvalue weighted by Crippen LogP contribution is -2.09.